The second kappa shape index (κ2) is 5.89. The molecule has 2 aliphatic heterocycles. The molecule has 0 unspecified atom stereocenters. The van der Waals surface area contributed by atoms with Crippen LogP contribution in [0, 0.1) is 0 Å². The molecular weight excluding hydrogens is 309 g/mol. The van der Waals surface area contributed by atoms with E-state index in [-0.39, 0.29) is 30.5 Å². The van der Waals surface area contributed by atoms with Crippen molar-refractivity contribution in [3.8, 4) is 0 Å². The van der Waals surface area contributed by atoms with Gasteiger partial charge >= 0.3 is 13.2 Å². The molecule has 24 heavy (non-hydrogen) atoms. The van der Waals surface area contributed by atoms with Gasteiger partial charge in [0.1, 0.15) is 11.3 Å². The molecule has 0 aliphatic carbocycles. The van der Waals surface area contributed by atoms with Gasteiger partial charge in [0.05, 0.1) is 23.9 Å². The summed E-state index contributed by atoms with van der Waals surface area (Å²) in [6.07, 6.45) is 0.182. The Morgan fingerprint density at radius 2 is 1.62 bits per heavy atom. The molecule has 1 amide bonds. The first-order chi connectivity index (χ1) is 10.6. The highest BCUT2D eigenvalue weighted by atomic mass is 16.7. The number of amides is 1. The highest BCUT2D eigenvalue weighted by molar-refractivity contribution is 6.45. The molecule has 2 rings (SSSR count). The Hall–Kier alpha value is -0.785. The lowest BCUT2D eigenvalue weighted by molar-refractivity contribution is -0.0619. The van der Waals surface area contributed by atoms with Crippen LogP contribution in [-0.4, -0.2) is 53.3 Å². The second-order valence-electron chi connectivity index (χ2n) is 9.18. The third-order valence-electron chi connectivity index (χ3n) is 4.93. The van der Waals surface area contributed by atoms with Crippen LogP contribution in [0.2, 0.25) is 6.32 Å². The number of ether oxygens (including phenoxy) is 2. The lowest BCUT2D eigenvalue weighted by Crippen LogP contribution is -2.50. The summed E-state index contributed by atoms with van der Waals surface area (Å²) in [7, 11) is -0.373. The first-order valence-electron chi connectivity index (χ1n) is 8.66. The van der Waals surface area contributed by atoms with Gasteiger partial charge in [-0.15, -0.1) is 0 Å². The van der Waals surface area contributed by atoms with Crippen LogP contribution in [0.25, 0.3) is 0 Å². The monoisotopic (exact) mass is 341 g/mol. The van der Waals surface area contributed by atoms with Crippen molar-refractivity contribution in [2.24, 2.45) is 0 Å². The number of hydrogen-bond acceptors (Lipinski definition) is 5. The lowest BCUT2D eigenvalue weighted by atomic mass is 9.80. The lowest BCUT2D eigenvalue weighted by Gasteiger charge is -2.35. The Kier molecular flexibility index (Phi) is 4.79. The van der Waals surface area contributed by atoms with Crippen molar-refractivity contribution in [2.45, 2.75) is 97.2 Å². The quantitative estimate of drug-likeness (QED) is 0.720. The first kappa shape index (κ1) is 19.5. The molecule has 0 saturated carbocycles. The minimum Gasteiger partial charge on any atom is -0.444 e. The van der Waals surface area contributed by atoms with E-state index in [4.69, 9.17) is 18.8 Å². The molecule has 2 fully saturated rings. The van der Waals surface area contributed by atoms with E-state index in [1.165, 1.54) is 0 Å². The Morgan fingerprint density at radius 3 is 2.08 bits per heavy atom. The van der Waals surface area contributed by atoms with Crippen LogP contribution in [0.4, 0.5) is 4.79 Å². The third-order valence-corrected chi connectivity index (χ3v) is 4.93. The predicted molar refractivity (Wildman–Crippen MR) is 92.8 cm³/mol. The van der Waals surface area contributed by atoms with E-state index < -0.39 is 11.3 Å². The topological polar surface area (TPSA) is 57.2 Å². The van der Waals surface area contributed by atoms with Crippen molar-refractivity contribution in [3.05, 3.63) is 0 Å². The van der Waals surface area contributed by atoms with E-state index in [0.717, 1.165) is 0 Å². The molecule has 0 spiro atoms. The maximum absolute atomic E-state index is 12.7. The van der Waals surface area contributed by atoms with E-state index in [1.54, 1.807) is 4.90 Å². The molecular formula is C17H32BNO5. The largest absolute Gasteiger partial charge is 0.460 e. The average Bonchev–Trinajstić information content (AvgIpc) is 2.70. The molecule has 138 valence electrons. The SMILES string of the molecule is CC(C)(C)OC(=O)N1[C@H](CB2OC(C)(C)C(C)(C)O2)COC1(C)C. The summed E-state index contributed by atoms with van der Waals surface area (Å²) in [6, 6.07) is -0.149. The molecule has 0 N–H and O–H groups in total. The summed E-state index contributed by atoms with van der Waals surface area (Å²) in [5.41, 5.74) is -2.03. The number of hydrogen-bond donors (Lipinski definition) is 0. The molecule has 6 nitrogen and oxygen atoms in total. The fraction of sp³-hybridized carbons (Fsp3) is 0.941. The minimum absolute atomic E-state index is 0.149. The molecule has 0 aromatic heterocycles. The molecule has 2 aliphatic rings. The van der Waals surface area contributed by atoms with E-state index in [2.05, 4.69) is 0 Å². The summed E-state index contributed by atoms with van der Waals surface area (Å²) >= 11 is 0. The van der Waals surface area contributed by atoms with Crippen LogP contribution in [0.5, 0.6) is 0 Å². The Bertz CT molecular complexity index is 482. The summed E-state index contributed by atoms with van der Waals surface area (Å²) < 4.78 is 23.5. The van der Waals surface area contributed by atoms with Crippen molar-refractivity contribution < 1.29 is 23.6 Å². The molecule has 0 bridgehead atoms. The van der Waals surface area contributed by atoms with Crippen LogP contribution in [0.3, 0.4) is 0 Å². The highest BCUT2D eigenvalue weighted by Gasteiger charge is 2.54. The third kappa shape index (κ3) is 3.89. The van der Waals surface area contributed by atoms with Crippen molar-refractivity contribution in [1.82, 2.24) is 4.90 Å². The second-order valence-corrected chi connectivity index (χ2v) is 9.18. The molecule has 2 saturated heterocycles. The molecule has 0 aromatic carbocycles. The van der Waals surface area contributed by atoms with Crippen molar-refractivity contribution in [1.29, 1.82) is 0 Å². The van der Waals surface area contributed by atoms with Gasteiger partial charge in [-0.3, -0.25) is 4.90 Å². The zero-order valence-corrected chi connectivity index (χ0v) is 16.6. The normalized spacial score (nSPS) is 28.3. The van der Waals surface area contributed by atoms with Crippen LogP contribution >= 0.6 is 0 Å². The highest BCUT2D eigenvalue weighted by Crippen LogP contribution is 2.40. The van der Waals surface area contributed by atoms with Crippen molar-refractivity contribution in [3.63, 3.8) is 0 Å². The molecule has 0 radical (unpaired) electrons. The zero-order valence-electron chi connectivity index (χ0n) is 16.6. The average molecular weight is 341 g/mol. The maximum atomic E-state index is 12.7. The van der Waals surface area contributed by atoms with E-state index >= 15 is 0 Å². The summed E-state index contributed by atoms with van der Waals surface area (Å²) in [5.74, 6) is 0. The van der Waals surface area contributed by atoms with Gasteiger partial charge in [0.2, 0.25) is 0 Å². The smallest absolute Gasteiger partial charge is 0.444 e. The van der Waals surface area contributed by atoms with E-state index in [9.17, 15) is 4.79 Å². The maximum Gasteiger partial charge on any atom is 0.460 e. The summed E-state index contributed by atoms with van der Waals surface area (Å²) in [5, 5.41) is 0. The van der Waals surface area contributed by atoms with Crippen LogP contribution in [0.1, 0.15) is 62.3 Å². The van der Waals surface area contributed by atoms with Gasteiger partial charge in [-0.05, 0) is 62.3 Å². The number of carbonyl (C=O) groups excluding carboxylic acids is 1. The molecule has 0 aromatic rings. The standard InChI is InChI=1S/C17H32BNO5/c1-14(2,3)22-13(20)19-12(11-21-17(19,8)9)10-18-23-15(4,5)16(6,7)24-18/h12H,10-11H2,1-9H3/t12-/m1/s1. The predicted octanol–water partition coefficient (Wildman–Crippen LogP) is 3.45. The summed E-state index contributed by atoms with van der Waals surface area (Å²) in [4.78, 5) is 14.3. The fourth-order valence-corrected chi connectivity index (χ4v) is 3.02. The number of carbonyl (C=O) groups is 1. The first-order valence-corrected chi connectivity index (χ1v) is 8.66. The van der Waals surface area contributed by atoms with Crippen molar-refractivity contribution >= 4 is 13.2 Å². The Labute approximate surface area is 146 Å². The van der Waals surface area contributed by atoms with E-state index in [0.29, 0.717) is 12.9 Å². The van der Waals surface area contributed by atoms with E-state index in [1.807, 2.05) is 62.3 Å². The zero-order chi connectivity index (χ0) is 18.6. The molecule has 2 heterocycles. The Balaban J connectivity index is 2.11. The van der Waals surface area contributed by atoms with Gasteiger partial charge in [0.15, 0.2) is 0 Å². The van der Waals surface area contributed by atoms with Crippen LogP contribution < -0.4 is 0 Å². The van der Waals surface area contributed by atoms with Gasteiger partial charge in [0, 0.05) is 6.32 Å². The minimum atomic E-state index is -0.712. The number of nitrogens with zero attached hydrogens (tertiary/aromatic N) is 1. The van der Waals surface area contributed by atoms with Gasteiger partial charge in [0.25, 0.3) is 0 Å². The molecule has 1 atom stereocenters. The van der Waals surface area contributed by atoms with Crippen LogP contribution in [0.15, 0.2) is 0 Å². The fourth-order valence-electron chi connectivity index (χ4n) is 3.02. The van der Waals surface area contributed by atoms with Crippen LogP contribution in [-0.2, 0) is 18.8 Å². The molecule has 7 heteroatoms. The van der Waals surface area contributed by atoms with Crippen molar-refractivity contribution in [2.75, 3.05) is 6.61 Å². The van der Waals surface area contributed by atoms with Gasteiger partial charge in [-0.1, -0.05) is 0 Å². The summed E-state index contributed by atoms with van der Waals surface area (Å²) in [6.45, 7) is 17.9. The van der Waals surface area contributed by atoms with Gasteiger partial charge in [-0.25, -0.2) is 4.79 Å². The Morgan fingerprint density at radius 1 is 1.12 bits per heavy atom. The van der Waals surface area contributed by atoms with Gasteiger partial charge < -0.3 is 18.8 Å². The van der Waals surface area contributed by atoms with Gasteiger partial charge in [-0.2, -0.15) is 0 Å². The number of rotatable bonds is 2.